The van der Waals surface area contributed by atoms with Gasteiger partial charge in [-0.05, 0) is 37.4 Å². The van der Waals surface area contributed by atoms with Crippen molar-refractivity contribution in [3.63, 3.8) is 0 Å². The molecule has 0 aromatic carbocycles. The Balaban J connectivity index is 1.91. The summed E-state index contributed by atoms with van der Waals surface area (Å²) < 4.78 is 0. The molecule has 0 spiro atoms. The zero-order chi connectivity index (χ0) is 15.9. The van der Waals surface area contributed by atoms with Crippen molar-refractivity contribution in [3.05, 3.63) is 34.5 Å². The van der Waals surface area contributed by atoms with Crippen molar-refractivity contribution >= 4 is 23.2 Å². The smallest absolute Gasteiger partial charge is 0.246 e. The summed E-state index contributed by atoms with van der Waals surface area (Å²) in [7, 11) is 3.32. The first-order valence-corrected chi connectivity index (χ1v) is 8.40. The molecule has 5 nitrogen and oxygen atoms in total. The van der Waals surface area contributed by atoms with Crippen LogP contribution in [0.1, 0.15) is 23.8 Å². The predicted molar refractivity (Wildman–Crippen MR) is 88.7 cm³/mol. The van der Waals surface area contributed by atoms with Crippen LogP contribution in [0.4, 0.5) is 0 Å². The second-order valence-corrected chi connectivity index (χ2v) is 6.56. The molecule has 22 heavy (non-hydrogen) atoms. The highest BCUT2D eigenvalue weighted by molar-refractivity contribution is 7.10. The molecule has 120 valence electrons. The van der Waals surface area contributed by atoms with Crippen molar-refractivity contribution < 1.29 is 9.59 Å². The van der Waals surface area contributed by atoms with Crippen molar-refractivity contribution in [2.45, 2.75) is 18.9 Å². The van der Waals surface area contributed by atoms with E-state index in [4.69, 9.17) is 0 Å². The fraction of sp³-hybridized carbons (Fsp3) is 0.500. The number of likely N-dealkylation sites (N-methyl/N-ethyl adjacent to an activating group) is 1. The molecule has 0 radical (unpaired) electrons. The van der Waals surface area contributed by atoms with E-state index < -0.39 is 0 Å². The number of carbonyl (C=O) groups is 2. The molecule has 0 aliphatic carbocycles. The fourth-order valence-electron chi connectivity index (χ4n) is 2.50. The summed E-state index contributed by atoms with van der Waals surface area (Å²) >= 11 is 1.72. The topological polar surface area (TPSA) is 52.7 Å². The van der Waals surface area contributed by atoms with Crippen LogP contribution in [0.2, 0.25) is 0 Å². The maximum atomic E-state index is 11.9. The molecule has 1 N–H and O–H groups in total. The molecule has 1 saturated heterocycles. The van der Waals surface area contributed by atoms with E-state index in [1.165, 1.54) is 34.8 Å². The molecule has 1 aliphatic heterocycles. The molecule has 1 aromatic rings. The number of carbonyl (C=O) groups excluding carboxylic acids is 2. The lowest BCUT2D eigenvalue weighted by Gasteiger charge is -2.26. The number of nitrogens with zero attached hydrogens (tertiary/aromatic N) is 2. The van der Waals surface area contributed by atoms with Crippen LogP contribution in [-0.2, 0) is 9.59 Å². The van der Waals surface area contributed by atoms with Crippen LogP contribution in [0.3, 0.4) is 0 Å². The van der Waals surface area contributed by atoms with E-state index in [1.807, 2.05) is 6.07 Å². The average Bonchev–Trinajstić information content (AvgIpc) is 3.18. The minimum Gasteiger partial charge on any atom is -0.351 e. The molecule has 1 fully saturated rings. The summed E-state index contributed by atoms with van der Waals surface area (Å²) in [6.45, 7) is 2.72. The maximum Gasteiger partial charge on any atom is 0.246 e. The number of nitrogens with one attached hydrogen (secondary N) is 1. The highest BCUT2D eigenvalue weighted by Crippen LogP contribution is 2.27. The Morgan fingerprint density at radius 2 is 2.09 bits per heavy atom. The standard InChI is InChI=1S/C16H23N3O2S/c1-18(2)16(21)8-7-15(20)17-12-13(14-6-5-11-22-14)19-9-3-4-10-19/h5-8,11,13H,3-4,9-10,12H2,1-2H3,(H,17,20)/b8-7+. The number of hydrogen-bond donors (Lipinski definition) is 1. The number of amides is 2. The van der Waals surface area contributed by atoms with Crippen molar-refractivity contribution in [2.24, 2.45) is 0 Å². The lowest BCUT2D eigenvalue weighted by atomic mass is 10.2. The monoisotopic (exact) mass is 321 g/mol. The number of thiophene rings is 1. The van der Waals surface area contributed by atoms with Gasteiger partial charge in [-0.2, -0.15) is 0 Å². The zero-order valence-corrected chi connectivity index (χ0v) is 13.9. The minimum atomic E-state index is -0.226. The van der Waals surface area contributed by atoms with Gasteiger partial charge in [-0.3, -0.25) is 14.5 Å². The Kier molecular flexibility index (Phi) is 6.15. The largest absolute Gasteiger partial charge is 0.351 e. The second kappa shape index (κ2) is 8.10. The van der Waals surface area contributed by atoms with Gasteiger partial charge in [-0.1, -0.05) is 6.07 Å². The molecule has 6 heteroatoms. The molecular weight excluding hydrogens is 298 g/mol. The van der Waals surface area contributed by atoms with E-state index in [2.05, 4.69) is 21.7 Å². The fourth-order valence-corrected chi connectivity index (χ4v) is 3.36. The summed E-state index contributed by atoms with van der Waals surface area (Å²) in [4.78, 5) is 28.4. The van der Waals surface area contributed by atoms with Crippen LogP contribution in [0.15, 0.2) is 29.7 Å². The van der Waals surface area contributed by atoms with Gasteiger partial charge >= 0.3 is 0 Å². The molecule has 1 aliphatic rings. The molecule has 1 aromatic heterocycles. The van der Waals surface area contributed by atoms with Gasteiger partial charge in [-0.15, -0.1) is 11.3 Å². The van der Waals surface area contributed by atoms with E-state index in [-0.39, 0.29) is 17.9 Å². The van der Waals surface area contributed by atoms with Gasteiger partial charge in [0.05, 0.1) is 6.04 Å². The number of rotatable bonds is 6. The van der Waals surface area contributed by atoms with E-state index in [0.717, 1.165) is 13.1 Å². The highest BCUT2D eigenvalue weighted by Gasteiger charge is 2.24. The number of likely N-dealkylation sites (tertiary alicyclic amines) is 1. The van der Waals surface area contributed by atoms with Gasteiger partial charge in [0.25, 0.3) is 0 Å². The predicted octanol–water partition coefficient (Wildman–Crippen LogP) is 1.65. The summed E-state index contributed by atoms with van der Waals surface area (Å²) in [5.41, 5.74) is 0. The van der Waals surface area contributed by atoms with Crippen LogP contribution in [0.25, 0.3) is 0 Å². The molecule has 2 heterocycles. The third-order valence-electron chi connectivity index (χ3n) is 3.74. The quantitative estimate of drug-likeness (QED) is 0.811. The van der Waals surface area contributed by atoms with Gasteiger partial charge in [0.1, 0.15) is 0 Å². The third-order valence-corrected chi connectivity index (χ3v) is 4.71. The SMILES string of the molecule is CN(C)C(=O)/C=C/C(=O)NCC(c1cccs1)N1CCCC1. The highest BCUT2D eigenvalue weighted by atomic mass is 32.1. The summed E-state index contributed by atoms with van der Waals surface area (Å²) in [6.07, 6.45) is 5.03. The Labute approximate surface area is 135 Å². The van der Waals surface area contributed by atoms with Crippen LogP contribution < -0.4 is 5.32 Å². The first-order chi connectivity index (χ1) is 10.6. The van der Waals surface area contributed by atoms with Crippen molar-refractivity contribution in [3.8, 4) is 0 Å². The summed E-state index contributed by atoms with van der Waals surface area (Å²) in [5, 5.41) is 4.98. The number of hydrogen-bond acceptors (Lipinski definition) is 4. The van der Waals surface area contributed by atoms with E-state index in [0.29, 0.717) is 6.54 Å². The minimum absolute atomic E-state index is 0.190. The Hall–Kier alpha value is -1.66. The van der Waals surface area contributed by atoms with Gasteiger partial charge in [0.15, 0.2) is 0 Å². The van der Waals surface area contributed by atoms with Crippen molar-refractivity contribution in [1.29, 1.82) is 0 Å². The lowest BCUT2D eigenvalue weighted by Crippen LogP contribution is -2.35. The molecule has 2 rings (SSSR count). The molecule has 0 saturated carbocycles. The van der Waals surface area contributed by atoms with Crippen molar-refractivity contribution in [2.75, 3.05) is 33.7 Å². The molecule has 1 atom stereocenters. The zero-order valence-electron chi connectivity index (χ0n) is 13.1. The van der Waals surface area contributed by atoms with E-state index in [1.54, 1.807) is 25.4 Å². The Morgan fingerprint density at radius 1 is 1.36 bits per heavy atom. The average molecular weight is 321 g/mol. The van der Waals surface area contributed by atoms with Crippen LogP contribution in [-0.4, -0.2) is 55.3 Å². The normalized spacial score (nSPS) is 16.8. The first-order valence-electron chi connectivity index (χ1n) is 7.52. The van der Waals surface area contributed by atoms with Crippen LogP contribution >= 0.6 is 11.3 Å². The second-order valence-electron chi connectivity index (χ2n) is 5.59. The molecule has 2 amide bonds. The molecular formula is C16H23N3O2S. The van der Waals surface area contributed by atoms with Gasteiger partial charge < -0.3 is 10.2 Å². The Morgan fingerprint density at radius 3 is 2.68 bits per heavy atom. The summed E-state index contributed by atoms with van der Waals surface area (Å²) in [5.74, 6) is -0.416. The molecule has 0 bridgehead atoms. The van der Waals surface area contributed by atoms with E-state index >= 15 is 0 Å². The van der Waals surface area contributed by atoms with Crippen LogP contribution in [0, 0.1) is 0 Å². The van der Waals surface area contributed by atoms with Gasteiger partial charge in [0, 0.05) is 37.7 Å². The van der Waals surface area contributed by atoms with Crippen LogP contribution in [0.5, 0.6) is 0 Å². The van der Waals surface area contributed by atoms with Crippen molar-refractivity contribution in [1.82, 2.24) is 15.1 Å². The van der Waals surface area contributed by atoms with Gasteiger partial charge in [-0.25, -0.2) is 0 Å². The Bertz CT molecular complexity index is 520. The van der Waals surface area contributed by atoms with Gasteiger partial charge in [0.2, 0.25) is 11.8 Å². The summed E-state index contributed by atoms with van der Waals surface area (Å²) in [6, 6.07) is 4.38. The lowest BCUT2D eigenvalue weighted by molar-refractivity contribution is -0.124. The van der Waals surface area contributed by atoms with E-state index in [9.17, 15) is 9.59 Å². The first kappa shape index (κ1) is 16.7. The third kappa shape index (κ3) is 4.68. The molecule has 1 unspecified atom stereocenters. The maximum absolute atomic E-state index is 11.9.